The second-order valence-corrected chi connectivity index (χ2v) is 7.24. The van der Waals surface area contributed by atoms with E-state index in [2.05, 4.69) is 19.9 Å². The van der Waals surface area contributed by atoms with Gasteiger partial charge < -0.3 is 14.7 Å². The van der Waals surface area contributed by atoms with Crippen LogP contribution in [0.4, 0.5) is 0 Å². The van der Waals surface area contributed by atoms with Gasteiger partial charge in [-0.1, -0.05) is 24.3 Å². The number of fused-ring (bicyclic) bond motifs is 2. The first-order valence-corrected chi connectivity index (χ1v) is 9.86. The molecule has 0 fully saturated rings. The first kappa shape index (κ1) is 18.9. The average Bonchev–Trinajstić information content (AvgIpc) is 2.83. The van der Waals surface area contributed by atoms with E-state index in [4.69, 9.17) is 4.74 Å². The predicted molar refractivity (Wildman–Crippen MR) is 114 cm³/mol. The summed E-state index contributed by atoms with van der Waals surface area (Å²) in [6, 6.07) is 12.8. The summed E-state index contributed by atoms with van der Waals surface area (Å²) in [5.41, 5.74) is 3.27. The van der Waals surface area contributed by atoms with Gasteiger partial charge in [-0.25, -0.2) is 19.9 Å². The van der Waals surface area contributed by atoms with E-state index < -0.39 is 0 Å². The monoisotopic (exact) mass is 413 g/mol. The van der Waals surface area contributed by atoms with Gasteiger partial charge in [-0.2, -0.15) is 0 Å². The SMILES string of the molecule is COc1ccc2c(c1O)CCN(C(=O)c1nc(-c3ccncn3)nc3ccccc13)C2. The fourth-order valence-electron chi connectivity index (χ4n) is 3.88. The largest absolute Gasteiger partial charge is 0.504 e. The second kappa shape index (κ2) is 7.64. The normalized spacial score (nSPS) is 13.1. The summed E-state index contributed by atoms with van der Waals surface area (Å²) < 4.78 is 5.20. The molecule has 31 heavy (non-hydrogen) atoms. The molecular formula is C23H19N5O3. The van der Waals surface area contributed by atoms with Gasteiger partial charge in [0.25, 0.3) is 5.91 Å². The van der Waals surface area contributed by atoms with Crippen LogP contribution in [0, 0.1) is 0 Å². The lowest BCUT2D eigenvalue weighted by Gasteiger charge is -2.29. The van der Waals surface area contributed by atoms with Crippen LogP contribution in [0.15, 0.2) is 55.0 Å². The summed E-state index contributed by atoms with van der Waals surface area (Å²) in [5, 5.41) is 11.1. The number of benzene rings is 2. The van der Waals surface area contributed by atoms with Gasteiger partial charge in [0.05, 0.1) is 12.6 Å². The van der Waals surface area contributed by atoms with Gasteiger partial charge in [0.15, 0.2) is 17.3 Å². The van der Waals surface area contributed by atoms with Crippen LogP contribution in [0.2, 0.25) is 0 Å². The average molecular weight is 413 g/mol. The number of aromatic hydroxyl groups is 1. The van der Waals surface area contributed by atoms with Gasteiger partial charge in [0.1, 0.15) is 17.7 Å². The molecule has 0 saturated heterocycles. The van der Waals surface area contributed by atoms with E-state index in [1.165, 1.54) is 13.4 Å². The summed E-state index contributed by atoms with van der Waals surface area (Å²) >= 11 is 0. The summed E-state index contributed by atoms with van der Waals surface area (Å²) in [6.45, 7) is 0.848. The minimum Gasteiger partial charge on any atom is -0.504 e. The lowest BCUT2D eigenvalue weighted by molar-refractivity contribution is 0.0730. The Kier molecular flexibility index (Phi) is 4.66. The molecular weight excluding hydrogens is 394 g/mol. The van der Waals surface area contributed by atoms with Crippen LogP contribution < -0.4 is 4.74 Å². The van der Waals surface area contributed by atoms with Crippen molar-refractivity contribution in [2.24, 2.45) is 0 Å². The lowest BCUT2D eigenvalue weighted by atomic mass is 9.97. The molecule has 8 heteroatoms. The van der Waals surface area contributed by atoms with Crippen molar-refractivity contribution in [1.29, 1.82) is 0 Å². The first-order valence-electron chi connectivity index (χ1n) is 9.86. The molecule has 1 aliphatic rings. The van der Waals surface area contributed by atoms with E-state index in [1.807, 2.05) is 30.3 Å². The van der Waals surface area contributed by atoms with Gasteiger partial charge in [-0.3, -0.25) is 4.79 Å². The minimum absolute atomic E-state index is 0.144. The second-order valence-electron chi connectivity index (χ2n) is 7.24. The number of phenolic OH excluding ortho intramolecular Hbond substituents is 1. The van der Waals surface area contributed by atoms with Crippen molar-refractivity contribution >= 4 is 16.8 Å². The number of ether oxygens (including phenoxy) is 1. The van der Waals surface area contributed by atoms with Gasteiger partial charge >= 0.3 is 0 Å². The highest BCUT2D eigenvalue weighted by atomic mass is 16.5. The quantitative estimate of drug-likeness (QED) is 0.551. The van der Waals surface area contributed by atoms with Crippen molar-refractivity contribution in [1.82, 2.24) is 24.8 Å². The Hall–Kier alpha value is -4.07. The number of nitrogens with zero attached hydrogens (tertiary/aromatic N) is 5. The van der Waals surface area contributed by atoms with Crippen molar-refractivity contribution in [3.63, 3.8) is 0 Å². The predicted octanol–water partition coefficient (Wildman–Crippen LogP) is 3.00. The van der Waals surface area contributed by atoms with E-state index >= 15 is 0 Å². The van der Waals surface area contributed by atoms with Crippen LogP contribution in [0.3, 0.4) is 0 Å². The number of rotatable bonds is 3. The molecule has 0 atom stereocenters. The number of carbonyl (C=O) groups is 1. The van der Waals surface area contributed by atoms with Crippen LogP contribution in [0.25, 0.3) is 22.4 Å². The molecule has 154 valence electrons. The maximum atomic E-state index is 13.5. The highest BCUT2D eigenvalue weighted by molar-refractivity contribution is 6.04. The van der Waals surface area contributed by atoms with E-state index in [0.29, 0.717) is 53.4 Å². The van der Waals surface area contributed by atoms with Crippen molar-refractivity contribution < 1.29 is 14.6 Å². The molecule has 0 radical (unpaired) electrons. The topological polar surface area (TPSA) is 101 Å². The van der Waals surface area contributed by atoms with Gasteiger partial charge in [-0.15, -0.1) is 0 Å². The summed E-state index contributed by atoms with van der Waals surface area (Å²) in [7, 11) is 1.52. The van der Waals surface area contributed by atoms with Gasteiger partial charge in [0, 0.05) is 30.2 Å². The first-order chi connectivity index (χ1) is 15.2. The molecule has 8 nitrogen and oxygen atoms in total. The van der Waals surface area contributed by atoms with Crippen molar-refractivity contribution in [2.45, 2.75) is 13.0 Å². The van der Waals surface area contributed by atoms with Gasteiger partial charge in [-0.05, 0) is 30.2 Å². The van der Waals surface area contributed by atoms with E-state index in [9.17, 15) is 9.90 Å². The number of hydrogen-bond donors (Lipinski definition) is 1. The molecule has 0 spiro atoms. The molecule has 1 aliphatic heterocycles. The number of hydrogen-bond acceptors (Lipinski definition) is 7. The van der Waals surface area contributed by atoms with E-state index in [-0.39, 0.29) is 11.7 Å². The number of aromatic nitrogens is 4. The number of phenols is 1. The third kappa shape index (κ3) is 3.31. The van der Waals surface area contributed by atoms with Crippen LogP contribution in [0.1, 0.15) is 21.6 Å². The molecule has 1 N–H and O–H groups in total. The molecule has 4 aromatic rings. The molecule has 3 heterocycles. The zero-order valence-electron chi connectivity index (χ0n) is 16.8. The molecule has 0 aliphatic carbocycles. The van der Waals surface area contributed by atoms with E-state index in [0.717, 1.165) is 11.1 Å². The van der Waals surface area contributed by atoms with Crippen molar-refractivity contribution in [3.8, 4) is 23.0 Å². The fourth-order valence-corrected chi connectivity index (χ4v) is 3.88. The minimum atomic E-state index is -0.185. The smallest absolute Gasteiger partial charge is 0.273 e. The Morgan fingerprint density at radius 3 is 2.81 bits per heavy atom. The Morgan fingerprint density at radius 1 is 1.13 bits per heavy atom. The molecule has 5 rings (SSSR count). The third-order valence-corrected chi connectivity index (χ3v) is 5.46. The van der Waals surface area contributed by atoms with E-state index in [1.54, 1.807) is 23.2 Å². The Labute approximate surface area is 178 Å². The molecule has 2 aromatic carbocycles. The van der Waals surface area contributed by atoms with Crippen molar-refractivity contribution in [3.05, 3.63) is 71.8 Å². The summed E-state index contributed by atoms with van der Waals surface area (Å²) in [5.74, 6) is 0.777. The molecule has 0 unspecified atom stereocenters. The standard InChI is InChI=1S/C23H19N5O3/c1-31-19-7-6-14-12-28(11-9-15(14)21(19)29)23(30)20-16-4-2-3-5-17(16)26-22(27-20)18-8-10-24-13-25-18/h2-8,10,13,29H,9,11-12H2,1H3. The third-order valence-electron chi connectivity index (χ3n) is 5.46. The Bertz CT molecular complexity index is 1290. The Balaban J connectivity index is 1.55. The maximum Gasteiger partial charge on any atom is 0.273 e. The lowest BCUT2D eigenvalue weighted by Crippen LogP contribution is -2.36. The van der Waals surface area contributed by atoms with Crippen LogP contribution in [-0.4, -0.2) is 49.5 Å². The summed E-state index contributed by atoms with van der Waals surface area (Å²) in [6.07, 6.45) is 3.58. The van der Waals surface area contributed by atoms with Crippen LogP contribution in [-0.2, 0) is 13.0 Å². The van der Waals surface area contributed by atoms with Crippen LogP contribution in [0.5, 0.6) is 11.5 Å². The zero-order valence-corrected chi connectivity index (χ0v) is 16.8. The highest BCUT2D eigenvalue weighted by Crippen LogP contribution is 2.35. The number of para-hydroxylation sites is 1. The highest BCUT2D eigenvalue weighted by Gasteiger charge is 2.27. The summed E-state index contributed by atoms with van der Waals surface area (Å²) in [4.78, 5) is 32.6. The molecule has 1 amide bonds. The number of carbonyl (C=O) groups excluding carboxylic acids is 1. The van der Waals surface area contributed by atoms with Crippen LogP contribution >= 0.6 is 0 Å². The maximum absolute atomic E-state index is 13.5. The Morgan fingerprint density at radius 2 is 2.00 bits per heavy atom. The molecule has 2 aromatic heterocycles. The number of methoxy groups -OCH3 is 1. The molecule has 0 saturated carbocycles. The molecule has 0 bridgehead atoms. The zero-order chi connectivity index (χ0) is 21.4. The van der Waals surface area contributed by atoms with Crippen molar-refractivity contribution in [2.75, 3.05) is 13.7 Å². The number of amides is 1. The van der Waals surface area contributed by atoms with Gasteiger partial charge in [0.2, 0.25) is 0 Å². The fraction of sp³-hybridized carbons (Fsp3) is 0.174.